The molecule has 0 radical (unpaired) electrons. The van der Waals surface area contributed by atoms with Crippen molar-refractivity contribution in [2.24, 2.45) is 0 Å². The number of hydrogen-bond donors (Lipinski definition) is 2. The summed E-state index contributed by atoms with van der Waals surface area (Å²) in [5.74, 6) is 0.198. The van der Waals surface area contributed by atoms with Crippen LogP contribution in [0.5, 0.6) is 5.75 Å². The SMILES string of the molecule is CC1=CC(C)(C)N(C)c2ccc([C@@H]3[C@@H](c4ccccn4)NC(=S)N3c3ccccc3O)cc21. The van der Waals surface area contributed by atoms with E-state index in [1.807, 2.05) is 41.3 Å². The van der Waals surface area contributed by atoms with Gasteiger partial charge in [-0.3, -0.25) is 4.98 Å². The number of rotatable bonds is 3. The number of aromatic nitrogens is 1. The van der Waals surface area contributed by atoms with Crippen molar-refractivity contribution in [3.05, 3.63) is 89.8 Å². The first kappa shape index (κ1) is 21.5. The van der Waals surface area contributed by atoms with Gasteiger partial charge in [0.25, 0.3) is 0 Å². The molecule has 5 nitrogen and oxygen atoms in total. The molecule has 2 N–H and O–H groups in total. The van der Waals surface area contributed by atoms with E-state index >= 15 is 0 Å². The molecule has 6 heteroatoms. The molecular formula is C27H28N4OS. The lowest BCUT2D eigenvalue weighted by atomic mass is 9.86. The topological polar surface area (TPSA) is 51.6 Å². The molecule has 0 saturated carbocycles. The van der Waals surface area contributed by atoms with Crippen LogP contribution >= 0.6 is 12.2 Å². The van der Waals surface area contributed by atoms with E-state index in [-0.39, 0.29) is 23.4 Å². The predicted molar refractivity (Wildman–Crippen MR) is 139 cm³/mol. The van der Waals surface area contributed by atoms with Gasteiger partial charge in [-0.05, 0) is 80.5 Å². The maximum absolute atomic E-state index is 10.7. The normalized spacial score (nSPS) is 21.5. The van der Waals surface area contributed by atoms with E-state index in [4.69, 9.17) is 12.2 Å². The van der Waals surface area contributed by atoms with Crippen LogP contribution in [0.25, 0.3) is 5.57 Å². The summed E-state index contributed by atoms with van der Waals surface area (Å²) >= 11 is 5.79. The molecule has 33 heavy (non-hydrogen) atoms. The summed E-state index contributed by atoms with van der Waals surface area (Å²) < 4.78 is 0. The molecule has 0 bridgehead atoms. The number of anilines is 2. The Bertz CT molecular complexity index is 1250. The van der Waals surface area contributed by atoms with Crippen LogP contribution in [0.1, 0.15) is 49.7 Å². The van der Waals surface area contributed by atoms with E-state index < -0.39 is 0 Å². The maximum Gasteiger partial charge on any atom is 0.174 e. The third kappa shape index (κ3) is 3.55. The lowest BCUT2D eigenvalue weighted by Crippen LogP contribution is -2.42. The third-order valence-corrected chi connectivity index (χ3v) is 7.14. The molecule has 1 aromatic heterocycles. The van der Waals surface area contributed by atoms with Crippen LogP contribution in [-0.4, -0.2) is 27.8 Å². The maximum atomic E-state index is 10.7. The number of pyridine rings is 1. The van der Waals surface area contributed by atoms with E-state index in [2.05, 4.69) is 67.3 Å². The summed E-state index contributed by atoms with van der Waals surface area (Å²) in [5, 5.41) is 14.7. The Hall–Kier alpha value is -3.38. The molecule has 1 saturated heterocycles. The van der Waals surface area contributed by atoms with Crippen LogP contribution in [-0.2, 0) is 0 Å². The number of allylic oxidation sites excluding steroid dienone is 1. The standard InChI is InChI=1S/C27H28N4OS/c1-17-16-27(2,3)30(4)21-13-12-18(15-19(17)21)25-24(20-9-7-8-14-28-20)29-26(33)31(25)22-10-5-6-11-23(22)32/h5-16,24-25,32H,1-4H3,(H,29,33)/t24-,25-/m1/s1. The van der Waals surface area contributed by atoms with Crippen LogP contribution in [0.15, 0.2) is 72.9 Å². The first-order valence-electron chi connectivity index (χ1n) is 11.1. The van der Waals surface area contributed by atoms with Crippen molar-refractivity contribution >= 4 is 34.3 Å². The zero-order valence-corrected chi connectivity index (χ0v) is 20.1. The van der Waals surface area contributed by atoms with Gasteiger partial charge in [-0.2, -0.15) is 0 Å². The Labute approximate surface area is 200 Å². The van der Waals surface area contributed by atoms with Crippen molar-refractivity contribution in [1.29, 1.82) is 0 Å². The summed E-state index contributed by atoms with van der Waals surface area (Å²) in [6.07, 6.45) is 4.12. The molecule has 0 unspecified atom stereocenters. The molecule has 1 fully saturated rings. The highest BCUT2D eigenvalue weighted by molar-refractivity contribution is 7.80. The van der Waals surface area contributed by atoms with Gasteiger partial charge >= 0.3 is 0 Å². The minimum Gasteiger partial charge on any atom is -0.506 e. The summed E-state index contributed by atoms with van der Waals surface area (Å²) in [6.45, 7) is 6.62. The molecule has 168 valence electrons. The number of para-hydroxylation sites is 2. The number of aromatic hydroxyl groups is 1. The Kier molecular flexibility index (Phi) is 5.13. The average Bonchev–Trinajstić information content (AvgIpc) is 3.15. The second kappa shape index (κ2) is 7.89. The van der Waals surface area contributed by atoms with E-state index in [1.54, 1.807) is 12.3 Å². The third-order valence-electron chi connectivity index (χ3n) is 6.82. The lowest BCUT2D eigenvalue weighted by molar-refractivity contribution is 0.473. The number of benzene rings is 2. The van der Waals surface area contributed by atoms with Gasteiger partial charge in [0, 0.05) is 24.5 Å². The van der Waals surface area contributed by atoms with Gasteiger partial charge in [-0.15, -0.1) is 0 Å². The molecule has 3 heterocycles. The highest BCUT2D eigenvalue weighted by atomic mass is 32.1. The second-order valence-electron chi connectivity index (χ2n) is 9.30. The molecule has 0 aliphatic carbocycles. The van der Waals surface area contributed by atoms with Crippen LogP contribution in [0.3, 0.4) is 0 Å². The fraction of sp³-hybridized carbons (Fsp3) is 0.259. The number of likely N-dealkylation sites (N-methyl/N-ethyl adjacent to an activating group) is 1. The number of hydrogen-bond acceptors (Lipinski definition) is 4. The van der Waals surface area contributed by atoms with E-state index in [0.717, 1.165) is 11.3 Å². The van der Waals surface area contributed by atoms with Gasteiger partial charge in [0.2, 0.25) is 0 Å². The van der Waals surface area contributed by atoms with Gasteiger partial charge in [0.15, 0.2) is 5.11 Å². The van der Waals surface area contributed by atoms with Crippen LogP contribution < -0.4 is 15.1 Å². The zero-order valence-electron chi connectivity index (χ0n) is 19.3. The number of nitrogens with zero attached hydrogens (tertiary/aromatic N) is 3. The molecule has 0 amide bonds. The molecule has 2 atom stereocenters. The largest absolute Gasteiger partial charge is 0.506 e. The van der Waals surface area contributed by atoms with Crippen molar-refractivity contribution in [1.82, 2.24) is 10.3 Å². The number of phenols is 1. The van der Waals surface area contributed by atoms with Crippen molar-refractivity contribution < 1.29 is 5.11 Å². The average molecular weight is 457 g/mol. The van der Waals surface area contributed by atoms with E-state index in [0.29, 0.717) is 10.8 Å². The summed E-state index contributed by atoms with van der Waals surface area (Å²) in [7, 11) is 2.14. The molecule has 2 aliphatic heterocycles. The van der Waals surface area contributed by atoms with Gasteiger partial charge in [0.1, 0.15) is 5.75 Å². The summed E-state index contributed by atoms with van der Waals surface area (Å²) in [6, 6.07) is 19.6. The van der Waals surface area contributed by atoms with Gasteiger partial charge in [-0.25, -0.2) is 0 Å². The second-order valence-corrected chi connectivity index (χ2v) is 9.69. The number of thiocarbonyl (C=S) groups is 1. The summed E-state index contributed by atoms with van der Waals surface area (Å²) in [5.41, 5.74) is 6.33. The molecule has 2 aromatic carbocycles. The Morgan fingerprint density at radius 1 is 1.03 bits per heavy atom. The van der Waals surface area contributed by atoms with Crippen molar-refractivity contribution in [3.63, 3.8) is 0 Å². The van der Waals surface area contributed by atoms with Crippen LogP contribution in [0, 0.1) is 0 Å². The van der Waals surface area contributed by atoms with Crippen molar-refractivity contribution in [2.45, 2.75) is 38.4 Å². The highest BCUT2D eigenvalue weighted by Gasteiger charge is 2.42. The van der Waals surface area contributed by atoms with Gasteiger partial charge in [-0.1, -0.05) is 30.3 Å². The lowest BCUT2D eigenvalue weighted by Gasteiger charge is -2.41. The smallest absolute Gasteiger partial charge is 0.174 e. The number of nitrogens with one attached hydrogen (secondary N) is 1. The minimum absolute atomic E-state index is 0.0482. The quantitative estimate of drug-likeness (QED) is 0.501. The Morgan fingerprint density at radius 3 is 2.52 bits per heavy atom. The van der Waals surface area contributed by atoms with Crippen molar-refractivity contribution in [3.8, 4) is 5.75 Å². The number of fused-ring (bicyclic) bond motifs is 1. The van der Waals surface area contributed by atoms with Gasteiger partial charge in [0.05, 0.1) is 29.0 Å². The molecule has 0 spiro atoms. The van der Waals surface area contributed by atoms with Crippen molar-refractivity contribution in [2.75, 3.05) is 16.8 Å². The summed E-state index contributed by atoms with van der Waals surface area (Å²) in [4.78, 5) is 8.95. The first-order chi connectivity index (χ1) is 15.8. The van der Waals surface area contributed by atoms with E-state index in [1.165, 1.54) is 16.8 Å². The predicted octanol–water partition coefficient (Wildman–Crippen LogP) is 5.60. The Morgan fingerprint density at radius 2 is 1.79 bits per heavy atom. The molecule has 2 aliphatic rings. The van der Waals surface area contributed by atoms with Crippen LogP contribution in [0.2, 0.25) is 0 Å². The Balaban J connectivity index is 1.67. The van der Waals surface area contributed by atoms with Crippen LogP contribution in [0.4, 0.5) is 11.4 Å². The minimum atomic E-state index is -0.168. The monoisotopic (exact) mass is 456 g/mol. The molecule has 3 aromatic rings. The zero-order chi connectivity index (χ0) is 23.3. The van der Waals surface area contributed by atoms with E-state index in [9.17, 15) is 5.11 Å². The fourth-order valence-corrected chi connectivity index (χ4v) is 5.32. The number of phenolic OH excluding ortho intramolecular Hbond substituents is 1. The molecular weight excluding hydrogens is 428 g/mol. The fourth-order valence-electron chi connectivity index (χ4n) is 4.98. The van der Waals surface area contributed by atoms with Gasteiger partial charge < -0.3 is 20.2 Å². The molecule has 5 rings (SSSR count). The highest BCUT2D eigenvalue weighted by Crippen LogP contribution is 2.46. The first-order valence-corrected chi connectivity index (χ1v) is 11.5.